The Labute approximate surface area is 145 Å². The van der Waals surface area contributed by atoms with Gasteiger partial charge in [0.25, 0.3) is 0 Å². The van der Waals surface area contributed by atoms with Gasteiger partial charge in [-0.15, -0.1) is 0 Å². The van der Waals surface area contributed by atoms with Crippen LogP contribution in [-0.2, 0) is 10.3 Å². The van der Waals surface area contributed by atoms with E-state index in [-0.39, 0.29) is 0 Å². The molecule has 1 amide bonds. The molecule has 1 saturated heterocycles. The van der Waals surface area contributed by atoms with E-state index in [1.807, 2.05) is 39.0 Å². The van der Waals surface area contributed by atoms with E-state index < -0.39 is 11.6 Å². The number of ether oxygens (including phenoxy) is 1. The lowest BCUT2D eigenvalue weighted by Gasteiger charge is -2.27. The van der Waals surface area contributed by atoms with Crippen molar-refractivity contribution in [3.8, 4) is 0 Å². The Morgan fingerprint density at radius 3 is 2.79 bits per heavy atom. The van der Waals surface area contributed by atoms with Gasteiger partial charge in [-0.3, -0.25) is 0 Å². The van der Waals surface area contributed by atoms with Crippen LogP contribution >= 0.6 is 0 Å². The number of likely N-dealkylation sites (tertiary alicyclic amines) is 1. The topological polar surface area (TPSA) is 41.6 Å². The van der Waals surface area contributed by atoms with E-state index in [0.717, 1.165) is 41.8 Å². The predicted octanol–water partition coefficient (Wildman–Crippen LogP) is 4.29. The van der Waals surface area contributed by atoms with Gasteiger partial charge in [-0.25, -0.2) is 4.79 Å². The van der Waals surface area contributed by atoms with Gasteiger partial charge in [0.15, 0.2) is 0 Å². The number of hydrogen-bond acceptors (Lipinski definition) is 3. The number of nitrogens with one attached hydrogen (secondary N) is 1. The molecular formula is C20H28N2O2. The molecule has 130 valence electrons. The van der Waals surface area contributed by atoms with Crippen LogP contribution in [0.5, 0.6) is 0 Å². The number of nitrogens with zero attached hydrogens (tertiary/aromatic N) is 1. The minimum Gasteiger partial charge on any atom is -0.448 e. The number of hydrogen-bond donors (Lipinski definition) is 1. The molecule has 1 aliphatic rings. The van der Waals surface area contributed by atoms with E-state index in [1.165, 1.54) is 0 Å². The largest absolute Gasteiger partial charge is 0.448 e. The summed E-state index contributed by atoms with van der Waals surface area (Å²) in [6.45, 7) is 16.0. The third-order valence-electron chi connectivity index (χ3n) is 4.43. The Kier molecular flexibility index (Phi) is 5.71. The Hall–Kier alpha value is -2.23. The molecule has 0 bridgehead atoms. The summed E-state index contributed by atoms with van der Waals surface area (Å²) in [5.74, 6) is 0. The van der Waals surface area contributed by atoms with Crippen molar-refractivity contribution in [1.29, 1.82) is 0 Å². The highest BCUT2D eigenvalue weighted by Gasteiger charge is 2.24. The lowest BCUT2D eigenvalue weighted by Crippen LogP contribution is -2.42. The maximum atomic E-state index is 12.1. The zero-order valence-corrected chi connectivity index (χ0v) is 15.0. The summed E-state index contributed by atoms with van der Waals surface area (Å²) in [4.78, 5) is 14.3. The van der Waals surface area contributed by atoms with Crippen molar-refractivity contribution in [1.82, 2.24) is 10.2 Å². The third kappa shape index (κ3) is 4.63. The second-order valence-electron chi connectivity index (χ2n) is 6.90. The van der Waals surface area contributed by atoms with E-state index in [9.17, 15) is 4.79 Å². The number of rotatable bonds is 6. The Bertz CT molecular complexity index is 634. The number of carbonyl (C=O) groups is 1. The molecule has 24 heavy (non-hydrogen) atoms. The van der Waals surface area contributed by atoms with E-state index in [0.29, 0.717) is 13.2 Å². The van der Waals surface area contributed by atoms with Crippen LogP contribution in [0.1, 0.15) is 44.7 Å². The molecular weight excluding hydrogens is 300 g/mol. The van der Waals surface area contributed by atoms with Gasteiger partial charge in [0.05, 0.1) is 12.1 Å². The summed E-state index contributed by atoms with van der Waals surface area (Å²) >= 11 is 0. The van der Waals surface area contributed by atoms with Crippen LogP contribution in [0.25, 0.3) is 5.57 Å². The maximum Gasteiger partial charge on any atom is 0.407 e. The van der Waals surface area contributed by atoms with Crippen molar-refractivity contribution in [2.75, 3.05) is 19.7 Å². The standard InChI is InChI=1S/C20H28N2O2/c1-15(2)17-9-6-10-18(14-17)20(4,5)21-19(23)24-13-12-22-11-7-8-16(22)3/h6,9-10,14H,1,3,7-8,11-13H2,2,4-5H3,(H,21,23). The first-order valence-corrected chi connectivity index (χ1v) is 8.44. The van der Waals surface area contributed by atoms with Gasteiger partial charge in [-0.05, 0) is 50.8 Å². The fourth-order valence-corrected chi connectivity index (χ4v) is 2.85. The summed E-state index contributed by atoms with van der Waals surface area (Å²) in [7, 11) is 0. The number of amides is 1. The molecule has 1 fully saturated rings. The fourth-order valence-electron chi connectivity index (χ4n) is 2.85. The molecule has 0 saturated carbocycles. The molecule has 0 aliphatic carbocycles. The van der Waals surface area contributed by atoms with Gasteiger partial charge in [0, 0.05) is 12.2 Å². The molecule has 0 spiro atoms. The molecule has 0 atom stereocenters. The maximum absolute atomic E-state index is 12.1. The van der Waals surface area contributed by atoms with Gasteiger partial charge in [-0.1, -0.05) is 36.9 Å². The summed E-state index contributed by atoms with van der Waals surface area (Å²) in [6.07, 6.45) is 1.78. The Morgan fingerprint density at radius 1 is 1.42 bits per heavy atom. The molecule has 0 unspecified atom stereocenters. The van der Waals surface area contributed by atoms with Crippen molar-refractivity contribution >= 4 is 11.7 Å². The molecule has 1 N–H and O–H groups in total. The Morgan fingerprint density at radius 2 is 2.17 bits per heavy atom. The van der Waals surface area contributed by atoms with Crippen molar-refractivity contribution in [3.05, 3.63) is 54.2 Å². The number of allylic oxidation sites excluding steroid dienone is 2. The highest BCUT2D eigenvalue weighted by Crippen LogP contribution is 2.23. The first-order chi connectivity index (χ1) is 11.3. The minimum absolute atomic E-state index is 0.368. The van der Waals surface area contributed by atoms with Crippen molar-refractivity contribution < 1.29 is 9.53 Å². The summed E-state index contributed by atoms with van der Waals surface area (Å²) in [6, 6.07) is 8.05. The van der Waals surface area contributed by atoms with E-state index in [1.54, 1.807) is 0 Å². The summed E-state index contributed by atoms with van der Waals surface area (Å²) in [5, 5.41) is 2.94. The smallest absolute Gasteiger partial charge is 0.407 e. The monoisotopic (exact) mass is 328 g/mol. The highest BCUT2D eigenvalue weighted by molar-refractivity contribution is 5.69. The minimum atomic E-state index is -0.514. The van der Waals surface area contributed by atoms with Crippen LogP contribution in [0.3, 0.4) is 0 Å². The van der Waals surface area contributed by atoms with Gasteiger partial charge in [-0.2, -0.15) is 0 Å². The molecule has 0 aromatic heterocycles. The number of alkyl carbamates (subject to hydrolysis) is 1. The molecule has 1 aliphatic heterocycles. The zero-order chi connectivity index (χ0) is 17.7. The predicted molar refractivity (Wildman–Crippen MR) is 98.6 cm³/mol. The lowest BCUT2D eigenvalue weighted by atomic mass is 9.92. The highest BCUT2D eigenvalue weighted by atomic mass is 16.5. The van der Waals surface area contributed by atoms with Gasteiger partial charge in [0.1, 0.15) is 6.61 Å². The molecule has 1 heterocycles. The summed E-state index contributed by atoms with van der Waals surface area (Å²) < 4.78 is 5.34. The van der Waals surface area contributed by atoms with E-state index >= 15 is 0 Å². The first-order valence-electron chi connectivity index (χ1n) is 8.44. The zero-order valence-electron chi connectivity index (χ0n) is 15.0. The Balaban J connectivity index is 1.88. The second-order valence-corrected chi connectivity index (χ2v) is 6.90. The third-order valence-corrected chi connectivity index (χ3v) is 4.43. The number of benzene rings is 1. The van der Waals surface area contributed by atoms with Gasteiger partial charge >= 0.3 is 6.09 Å². The van der Waals surface area contributed by atoms with Crippen LogP contribution in [0, 0.1) is 0 Å². The van der Waals surface area contributed by atoms with Gasteiger partial charge < -0.3 is 15.0 Å². The van der Waals surface area contributed by atoms with Crippen molar-refractivity contribution in [2.45, 2.75) is 39.2 Å². The number of carbonyl (C=O) groups excluding carboxylic acids is 1. The van der Waals surface area contributed by atoms with Crippen LogP contribution in [0.4, 0.5) is 4.79 Å². The molecule has 4 nitrogen and oxygen atoms in total. The summed E-state index contributed by atoms with van der Waals surface area (Å²) in [5.41, 5.74) is 3.72. The average Bonchev–Trinajstić information content (AvgIpc) is 2.92. The molecule has 1 aromatic rings. The van der Waals surface area contributed by atoms with Gasteiger partial charge in [0.2, 0.25) is 0 Å². The van der Waals surface area contributed by atoms with E-state index in [2.05, 4.69) is 29.4 Å². The molecule has 0 radical (unpaired) electrons. The molecule has 1 aromatic carbocycles. The van der Waals surface area contributed by atoms with Crippen LogP contribution in [-0.4, -0.2) is 30.7 Å². The fraction of sp³-hybridized carbons (Fsp3) is 0.450. The van der Waals surface area contributed by atoms with E-state index in [4.69, 9.17) is 4.74 Å². The quantitative estimate of drug-likeness (QED) is 0.847. The average molecular weight is 328 g/mol. The van der Waals surface area contributed by atoms with Crippen LogP contribution in [0.15, 0.2) is 43.1 Å². The lowest BCUT2D eigenvalue weighted by molar-refractivity contribution is 0.127. The molecule has 4 heteroatoms. The second kappa shape index (κ2) is 7.56. The van der Waals surface area contributed by atoms with Crippen molar-refractivity contribution in [3.63, 3.8) is 0 Å². The molecule has 2 rings (SSSR count). The SMILES string of the molecule is C=C(C)c1cccc(C(C)(C)NC(=O)OCCN2CCCC2=C)c1. The van der Waals surface area contributed by atoms with Crippen LogP contribution in [0.2, 0.25) is 0 Å². The van der Waals surface area contributed by atoms with Crippen LogP contribution < -0.4 is 5.32 Å². The normalized spacial score (nSPS) is 14.6. The first kappa shape index (κ1) is 18.1. The van der Waals surface area contributed by atoms with Crippen molar-refractivity contribution in [2.24, 2.45) is 0 Å².